The van der Waals surface area contributed by atoms with Crippen LogP contribution in [0, 0.1) is 0 Å². The second-order valence-corrected chi connectivity index (χ2v) is 2.83. The fourth-order valence-corrected chi connectivity index (χ4v) is 1.06. The molecule has 5 heteroatoms. The van der Waals surface area contributed by atoms with Gasteiger partial charge in [0.15, 0.2) is 11.5 Å². The van der Waals surface area contributed by atoms with Crippen LogP contribution in [0.5, 0.6) is 11.5 Å². The predicted molar refractivity (Wildman–Crippen MR) is 54.5 cm³/mol. The lowest BCUT2D eigenvalue weighted by molar-refractivity contribution is 0.401. The van der Waals surface area contributed by atoms with E-state index in [4.69, 9.17) is 15.9 Å². The van der Waals surface area contributed by atoms with Gasteiger partial charge in [0.25, 0.3) is 0 Å². The van der Waals surface area contributed by atoms with Gasteiger partial charge in [-0.05, 0) is 24.1 Å². The number of phenolic OH excluding ortho intramolecular Hbond substituents is 2. The Bertz CT molecular complexity index is 296. The van der Waals surface area contributed by atoms with Gasteiger partial charge in [0.05, 0.1) is 6.67 Å². The molecule has 0 bridgehead atoms. The third kappa shape index (κ3) is 3.05. The van der Waals surface area contributed by atoms with Crippen LogP contribution in [0.25, 0.3) is 0 Å². The largest absolute Gasteiger partial charge is 0.504 e. The van der Waals surface area contributed by atoms with E-state index in [1.54, 1.807) is 6.07 Å². The molecular formula is C9H13ClFNO2. The van der Waals surface area contributed by atoms with Crippen molar-refractivity contribution in [3.63, 3.8) is 0 Å². The van der Waals surface area contributed by atoms with Crippen molar-refractivity contribution in [3.05, 3.63) is 23.8 Å². The topological polar surface area (TPSA) is 66.5 Å². The van der Waals surface area contributed by atoms with Crippen LogP contribution in [0.2, 0.25) is 0 Å². The summed E-state index contributed by atoms with van der Waals surface area (Å²) in [6, 6.07) is 3.81. The van der Waals surface area contributed by atoms with E-state index in [0.29, 0.717) is 5.56 Å². The van der Waals surface area contributed by atoms with Crippen molar-refractivity contribution in [1.82, 2.24) is 0 Å². The Morgan fingerprint density at radius 3 is 2.43 bits per heavy atom. The van der Waals surface area contributed by atoms with Gasteiger partial charge >= 0.3 is 0 Å². The predicted octanol–water partition coefficient (Wildman–Crippen LogP) is 1.88. The molecule has 1 rings (SSSR count). The van der Waals surface area contributed by atoms with Gasteiger partial charge in [-0.3, -0.25) is 4.39 Å². The summed E-state index contributed by atoms with van der Waals surface area (Å²) in [6.07, 6.45) is 0.213. The van der Waals surface area contributed by atoms with Crippen LogP contribution in [-0.4, -0.2) is 16.9 Å². The Morgan fingerprint density at radius 2 is 1.93 bits per heavy atom. The number of halogens is 2. The molecule has 4 N–H and O–H groups in total. The third-order valence-electron chi connectivity index (χ3n) is 1.85. The van der Waals surface area contributed by atoms with Crippen LogP contribution in [0.15, 0.2) is 18.2 Å². The van der Waals surface area contributed by atoms with Crippen molar-refractivity contribution in [2.24, 2.45) is 5.73 Å². The van der Waals surface area contributed by atoms with Crippen LogP contribution in [0.1, 0.15) is 18.0 Å². The number of nitrogens with two attached hydrogens (primary N) is 1. The summed E-state index contributed by atoms with van der Waals surface area (Å²) in [5.41, 5.74) is 6.21. The molecule has 14 heavy (non-hydrogen) atoms. The average Bonchev–Trinajstić information content (AvgIpc) is 2.10. The molecule has 0 spiro atoms. The average molecular weight is 222 g/mol. The second-order valence-electron chi connectivity index (χ2n) is 2.83. The zero-order valence-corrected chi connectivity index (χ0v) is 8.30. The maximum atomic E-state index is 11.9. The van der Waals surface area contributed by atoms with E-state index in [2.05, 4.69) is 0 Å². The molecule has 1 aromatic carbocycles. The summed E-state index contributed by atoms with van der Waals surface area (Å²) < 4.78 is 11.9. The van der Waals surface area contributed by atoms with Gasteiger partial charge in [0.1, 0.15) is 0 Å². The summed E-state index contributed by atoms with van der Waals surface area (Å²) >= 11 is 0. The van der Waals surface area contributed by atoms with E-state index in [9.17, 15) is 4.39 Å². The number of alkyl halides is 1. The number of hydrogen-bond donors (Lipinski definition) is 3. The molecule has 1 aromatic rings. The van der Waals surface area contributed by atoms with Gasteiger partial charge in [-0.2, -0.15) is 0 Å². The van der Waals surface area contributed by atoms with Gasteiger partial charge in [-0.1, -0.05) is 6.07 Å². The molecule has 3 nitrogen and oxygen atoms in total. The Kier molecular flexibility index (Phi) is 5.27. The Balaban J connectivity index is 0.00000169. The Morgan fingerprint density at radius 1 is 1.29 bits per heavy atom. The van der Waals surface area contributed by atoms with Crippen LogP contribution < -0.4 is 5.73 Å². The first-order valence-corrected chi connectivity index (χ1v) is 3.98. The maximum Gasteiger partial charge on any atom is 0.157 e. The third-order valence-corrected chi connectivity index (χ3v) is 1.85. The molecule has 0 heterocycles. The van der Waals surface area contributed by atoms with E-state index >= 15 is 0 Å². The zero-order chi connectivity index (χ0) is 9.84. The van der Waals surface area contributed by atoms with Crippen molar-refractivity contribution >= 4 is 12.4 Å². The minimum Gasteiger partial charge on any atom is -0.504 e. The van der Waals surface area contributed by atoms with Gasteiger partial charge < -0.3 is 15.9 Å². The SMILES string of the molecule is Cl.N[C@H](CCF)c1ccc(O)c(O)c1. The Hall–Kier alpha value is -1.00. The zero-order valence-electron chi connectivity index (χ0n) is 7.48. The summed E-state index contributed by atoms with van der Waals surface area (Å²) in [7, 11) is 0. The first-order valence-electron chi connectivity index (χ1n) is 3.98. The lowest BCUT2D eigenvalue weighted by Gasteiger charge is -2.10. The lowest BCUT2D eigenvalue weighted by Crippen LogP contribution is -2.10. The smallest absolute Gasteiger partial charge is 0.157 e. The van der Waals surface area contributed by atoms with Crippen molar-refractivity contribution in [2.75, 3.05) is 6.67 Å². The highest BCUT2D eigenvalue weighted by Gasteiger charge is 2.07. The quantitative estimate of drug-likeness (QED) is 0.683. The molecule has 1 atom stereocenters. The van der Waals surface area contributed by atoms with E-state index < -0.39 is 12.7 Å². The molecule has 0 unspecified atom stereocenters. The molecule has 0 aliphatic carbocycles. The number of aromatic hydroxyl groups is 2. The lowest BCUT2D eigenvalue weighted by atomic mass is 10.0. The molecule has 0 fully saturated rings. The normalized spacial score (nSPS) is 11.9. The van der Waals surface area contributed by atoms with Crippen molar-refractivity contribution < 1.29 is 14.6 Å². The van der Waals surface area contributed by atoms with Crippen molar-refractivity contribution in [2.45, 2.75) is 12.5 Å². The molecule has 0 amide bonds. The van der Waals surface area contributed by atoms with Gasteiger partial charge in [-0.15, -0.1) is 12.4 Å². The fourth-order valence-electron chi connectivity index (χ4n) is 1.06. The van der Waals surface area contributed by atoms with E-state index in [-0.39, 0.29) is 30.3 Å². The molecule has 0 radical (unpaired) electrons. The molecule has 0 aliphatic rings. The minimum absolute atomic E-state index is 0. The Labute approximate surface area is 87.8 Å². The highest BCUT2D eigenvalue weighted by Crippen LogP contribution is 2.27. The van der Waals surface area contributed by atoms with Crippen molar-refractivity contribution in [3.8, 4) is 11.5 Å². The summed E-state index contributed by atoms with van der Waals surface area (Å²) in [6.45, 7) is -0.497. The standard InChI is InChI=1S/C9H12FNO2.ClH/c10-4-3-7(11)6-1-2-8(12)9(13)5-6;/h1-2,5,7,12-13H,3-4,11H2;1H/t7-;/m1./s1. The minimum atomic E-state index is -0.497. The molecule has 0 saturated carbocycles. The van der Waals surface area contributed by atoms with Crippen LogP contribution in [0.3, 0.4) is 0 Å². The van der Waals surface area contributed by atoms with Crippen molar-refractivity contribution in [1.29, 1.82) is 0 Å². The van der Waals surface area contributed by atoms with Gasteiger partial charge in [0, 0.05) is 6.04 Å². The summed E-state index contributed by atoms with van der Waals surface area (Å²) in [4.78, 5) is 0. The molecule has 0 aliphatic heterocycles. The highest BCUT2D eigenvalue weighted by molar-refractivity contribution is 5.85. The van der Waals surface area contributed by atoms with Crippen LogP contribution in [-0.2, 0) is 0 Å². The molecule has 80 valence electrons. The number of benzene rings is 1. The fraction of sp³-hybridized carbons (Fsp3) is 0.333. The van der Waals surface area contributed by atoms with E-state index in [1.807, 2.05) is 0 Å². The summed E-state index contributed by atoms with van der Waals surface area (Å²) in [5.74, 6) is -0.428. The summed E-state index contributed by atoms with van der Waals surface area (Å²) in [5, 5.41) is 18.1. The molecule has 0 saturated heterocycles. The van der Waals surface area contributed by atoms with Gasteiger partial charge in [-0.25, -0.2) is 0 Å². The van der Waals surface area contributed by atoms with Crippen LogP contribution in [0.4, 0.5) is 4.39 Å². The second kappa shape index (κ2) is 5.67. The molecular weight excluding hydrogens is 209 g/mol. The number of hydrogen-bond acceptors (Lipinski definition) is 3. The maximum absolute atomic E-state index is 11.9. The number of phenols is 2. The monoisotopic (exact) mass is 221 g/mol. The highest BCUT2D eigenvalue weighted by atomic mass is 35.5. The van der Waals surface area contributed by atoms with E-state index in [1.165, 1.54) is 12.1 Å². The van der Waals surface area contributed by atoms with E-state index in [0.717, 1.165) is 0 Å². The number of rotatable bonds is 3. The first-order chi connectivity index (χ1) is 6.15. The first kappa shape index (κ1) is 13.0. The van der Waals surface area contributed by atoms with Gasteiger partial charge in [0.2, 0.25) is 0 Å². The molecule has 0 aromatic heterocycles. The van der Waals surface area contributed by atoms with Crippen LogP contribution >= 0.6 is 12.4 Å².